The number of nitriles is 1. The van der Waals surface area contributed by atoms with E-state index in [2.05, 4.69) is 5.32 Å². The van der Waals surface area contributed by atoms with Crippen molar-refractivity contribution in [1.82, 2.24) is 0 Å². The summed E-state index contributed by atoms with van der Waals surface area (Å²) in [7, 11) is 0. The summed E-state index contributed by atoms with van der Waals surface area (Å²) in [5, 5.41) is 11.8. The molecule has 3 heteroatoms. The summed E-state index contributed by atoms with van der Waals surface area (Å²) in [6.07, 6.45) is 2.30. The minimum atomic E-state index is -0.551. The maximum atomic E-state index is 11.9. The van der Waals surface area contributed by atoms with Gasteiger partial charge in [-0.15, -0.1) is 0 Å². The van der Waals surface area contributed by atoms with Crippen molar-refractivity contribution < 1.29 is 4.79 Å². The second-order valence-corrected chi connectivity index (χ2v) is 3.97. The van der Waals surface area contributed by atoms with Crippen LogP contribution in [0.25, 0.3) is 0 Å². The van der Waals surface area contributed by atoms with Crippen molar-refractivity contribution in [2.45, 2.75) is 33.1 Å². The Morgan fingerprint density at radius 1 is 1.41 bits per heavy atom. The van der Waals surface area contributed by atoms with E-state index in [1.54, 1.807) is 0 Å². The number of hydrogen-bond donors (Lipinski definition) is 1. The van der Waals surface area contributed by atoms with Crippen LogP contribution in [0.1, 0.15) is 32.3 Å². The molecule has 1 atom stereocenters. The molecule has 0 heterocycles. The minimum absolute atomic E-state index is 0.199. The molecule has 0 aliphatic rings. The number of hydrogen-bond acceptors (Lipinski definition) is 2. The summed E-state index contributed by atoms with van der Waals surface area (Å²) in [4.78, 5) is 11.9. The fourth-order valence-electron chi connectivity index (χ4n) is 1.71. The van der Waals surface area contributed by atoms with Crippen LogP contribution in [0.2, 0.25) is 0 Å². The highest BCUT2D eigenvalue weighted by atomic mass is 16.1. The molecule has 0 radical (unpaired) electrons. The Morgan fingerprint density at radius 3 is 2.71 bits per heavy atom. The standard InChI is InChI=1S/C14H18N2O/c1-3-7-12(10-15)14(17)16-13-9-6-5-8-11(13)4-2/h5-6,8-9,12H,3-4,7H2,1-2H3,(H,16,17). The molecule has 0 spiro atoms. The van der Waals surface area contributed by atoms with Gasteiger partial charge in [-0.25, -0.2) is 0 Å². The number of aryl methyl sites for hydroxylation is 1. The maximum absolute atomic E-state index is 11.9. The Balaban J connectivity index is 2.77. The molecule has 1 N–H and O–H groups in total. The van der Waals surface area contributed by atoms with Gasteiger partial charge in [0.2, 0.25) is 5.91 Å². The topological polar surface area (TPSA) is 52.9 Å². The average Bonchev–Trinajstić information content (AvgIpc) is 2.36. The number of para-hydroxylation sites is 1. The van der Waals surface area contributed by atoms with Gasteiger partial charge in [-0.3, -0.25) is 4.79 Å². The predicted octanol–water partition coefficient (Wildman–Crippen LogP) is 3.13. The van der Waals surface area contributed by atoms with E-state index in [0.717, 1.165) is 24.1 Å². The third-order valence-corrected chi connectivity index (χ3v) is 2.71. The molecule has 0 aliphatic carbocycles. The Hall–Kier alpha value is -1.82. The number of carbonyl (C=O) groups excluding carboxylic acids is 1. The van der Waals surface area contributed by atoms with E-state index >= 15 is 0 Å². The van der Waals surface area contributed by atoms with Crippen LogP contribution < -0.4 is 5.32 Å². The van der Waals surface area contributed by atoms with Crippen molar-refractivity contribution >= 4 is 11.6 Å². The smallest absolute Gasteiger partial charge is 0.241 e. The van der Waals surface area contributed by atoms with E-state index < -0.39 is 5.92 Å². The number of benzene rings is 1. The average molecular weight is 230 g/mol. The highest BCUT2D eigenvalue weighted by Crippen LogP contribution is 2.17. The Bertz CT molecular complexity index is 420. The lowest BCUT2D eigenvalue weighted by molar-refractivity contribution is -0.118. The van der Waals surface area contributed by atoms with E-state index in [-0.39, 0.29) is 5.91 Å². The minimum Gasteiger partial charge on any atom is -0.325 e. The van der Waals surface area contributed by atoms with Gasteiger partial charge < -0.3 is 5.32 Å². The SMILES string of the molecule is CCCC(C#N)C(=O)Nc1ccccc1CC. The second kappa shape index (κ2) is 6.70. The van der Waals surface area contributed by atoms with Gasteiger partial charge in [0, 0.05) is 5.69 Å². The first-order chi connectivity index (χ1) is 8.22. The van der Waals surface area contributed by atoms with Crippen LogP contribution in [0.3, 0.4) is 0 Å². The van der Waals surface area contributed by atoms with Crippen molar-refractivity contribution in [3.8, 4) is 6.07 Å². The lowest BCUT2D eigenvalue weighted by atomic mass is 10.0. The van der Waals surface area contributed by atoms with Crippen LogP contribution in [-0.4, -0.2) is 5.91 Å². The van der Waals surface area contributed by atoms with Gasteiger partial charge in [0.1, 0.15) is 5.92 Å². The zero-order valence-electron chi connectivity index (χ0n) is 10.4. The van der Waals surface area contributed by atoms with Crippen molar-refractivity contribution in [3.63, 3.8) is 0 Å². The van der Waals surface area contributed by atoms with Gasteiger partial charge in [0.05, 0.1) is 6.07 Å². The van der Waals surface area contributed by atoms with Gasteiger partial charge in [-0.2, -0.15) is 5.26 Å². The van der Waals surface area contributed by atoms with Crippen LogP contribution >= 0.6 is 0 Å². The third-order valence-electron chi connectivity index (χ3n) is 2.71. The Labute approximate surface area is 102 Å². The van der Waals surface area contributed by atoms with Gasteiger partial charge in [0.15, 0.2) is 0 Å². The normalized spacial score (nSPS) is 11.6. The summed E-state index contributed by atoms with van der Waals surface area (Å²) in [5.74, 6) is -0.750. The fourth-order valence-corrected chi connectivity index (χ4v) is 1.71. The molecule has 0 saturated carbocycles. The van der Waals surface area contributed by atoms with Crippen LogP contribution in [-0.2, 0) is 11.2 Å². The molecule has 0 aromatic heterocycles. The Morgan fingerprint density at radius 2 is 2.12 bits per heavy atom. The van der Waals surface area contributed by atoms with Crippen molar-refractivity contribution in [2.24, 2.45) is 5.92 Å². The molecule has 1 unspecified atom stereocenters. The van der Waals surface area contributed by atoms with Crippen LogP contribution in [0.5, 0.6) is 0 Å². The van der Waals surface area contributed by atoms with E-state index in [1.165, 1.54) is 0 Å². The predicted molar refractivity (Wildman–Crippen MR) is 68.5 cm³/mol. The van der Waals surface area contributed by atoms with Crippen LogP contribution in [0.4, 0.5) is 5.69 Å². The second-order valence-electron chi connectivity index (χ2n) is 3.97. The van der Waals surface area contributed by atoms with Gasteiger partial charge in [-0.05, 0) is 24.5 Å². The first kappa shape index (κ1) is 13.2. The first-order valence-electron chi connectivity index (χ1n) is 6.01. The van der Waals surface area contributed by atoms with E-state index in [4.69, 9.17) is 5.26 Å². The molecule has 1 rings (SSSR count). The van der Waals surface area contributed by atoms with E-state index in [1.807, 2.05) is 44.2 Å². The molecule has 1 aromatic rings. The largest absolute Gasteiger partial charge is 0.325 e. The highest BCUT2D eigenvalue weighted by Gasteiger charge is 2.17. The van der Waals surface area contributed by atoms with Crippen molar-refractivity contribution in [2.75, 3.05) is 5.32 Å². The van der Waals surface area contributed by atoms with Crippen LogP contribution in [0, 0.1) is 17.2 Å². The lowest BCUT2D eigenvalue weighted by Crippen LogP contribution is -2.22. The van der Waals surface area contributed by atoms with Crippen molar-refractivity contribution in [3.05, 3.63) is 29.8 Å². The number of carbonyl (C=O) groups is 1. The fraction of sp³-hybridized carbons (Fsp3) is 0.429. The molecular formula is C14H18N2O. The molecular weight excluding hydrogens is 212 g/mol. The van der Waals surface area contributed by atoms with Gasteiger partial charge in [-0.1, -0.05) is 38.5 Å². The number of anilines is 1. The Kier molecular flexibility index (Phi) is 5.22. The molecule has 0 bridgehead atoms. The van der Waals surface area contributed by atoms with E-state index in [0.29, 0.717) is 6.42 Å². The summed E-state index contributed by atoms with van der Waals surface area (Å²) in [5.41, 5.74) is 1.91. The lowest BCUT2D eigenvalue weighted by Gasteiger charge is -2.12. The van der Waals surface area contributed by atoms with Gasteiger partial charge >= 0.3 is 0 Å². The number of nitrogens with one attached hydrogen (secondary N) is 1. The molecule has 0 saturated heterocycles. The van der Waals surface area contributed by atoms with E-state index in [9.17, 15) is 4.79 Å². The highest BCUT2D eigenvalue weighted by molar-refractivity contribution is 5.94. The number of rotatable bonds is 5. The zero-order chi connectivity index (χ0) is 12.7. The molecule has 3 nitrogen and oxygen atoms in total. The molecule has 0 fully saturated rings. The molecule has 1 amide bonds. The zero-order valence-corrected chi connectivity index (χ0v) is 10.4. The summed E-state index contributed by atoms with van der Waals surface area (Å²) >= 11 is 0. The first-order valence-corrected chi connectivity index (χ1v) is 6.01. The maximum Gasteiger partial charge on any atom is 0.241 e. The molecule has 1 aromatic carbocycles. The third kappa shape index (κ3) is 3.60. The molecule has 0 aliphatic heterocycles. The van der Waals surface area contributed by atoms with Crippen molar-refractivity contribution in [1.29, 1.82) is 5.26 Å². The molecule has 90 valence electrons. The summed E-state index contributed by atoms with van der Waals surface area (Å²) < 4.78 is 0. The molecule has 17 heavy (non-hydrogen) atoms. The summed E-state index contributed by atoms with van der Waals surface area (Å²) in [6.45, 7) is 4.01. The quantitative estimate of drug-likeness (QED) is 0.844. The van der Waals surface area contributed by atoms with Gasteiger partial charge in [0.25, 0.3) is 0 Å². The number of amides is 1. The summed E-state index contributed by atoms with van der Waals surface area (Å²) in [6, 6.07) is 9.74. The van der Waals surface area contributed by atoms with Crippen LogP contribution in [0.15, 0.2) is 24.3 Å². The monoisotopic (exact) mass is 230 g/mol. The number of nitrogens with zero attached hydrogens (tertiary/aromatic N) is 1.